The quantitative estimate of drug-likeness (QED) is 0.480. The first-order chi connectivity index (χ1) is 15.2. The molecule has 2 aromatic heterocycles. The van der Waals surface area contributed by atoms with Crippen molar-refractivity contribution in [2.45, 2.75) is 39.0 Å². The van der Waals surface area contributed by atoms with E-state index < -0.39 is 11.8 Å². The van der Waals surface area contributed by atoms with Gasteiger partial charge >= 0.3 is 6.09 Å². The Kier molecular flexibility index (Phi) is 6.41. The molecule has 1 fully saturated rings. The number of rotatable bonds is 6. The van der Waals surface area contributed by atoms with Crippen LogP contribution in [0.1, 0.15) is 39.0 Å². The summed E-state index contributed by atoms with van der Waals surface area (Å²) >= 11 is 1.60. The number of nitrogens with one attached hydrogen (secondary N) is 2. The van der Waals surface area contributed by atoms with Crippen molar-refractivity contribution in [3.05, 3.63) is 35.2 Å². The highest BCUT2D eigenvalue weighted by molar-refractivity contribution is 7.13. The van der Waals surface area contributed by atoms with Crippen LogP contribution in [0.4, 0.5) is 4.79 Å². The minimum atomic E-state index is -0.890. The van der Waals surface area contributed by atoms with Crippen LogP contribution in [0.5, 0.6) is 5.75 Å². The lowest BCUT2D eigenvalue weighted by Crippen LogP contribution is -2.36. The zero-order valence-corrected chi connectivity index (χ0v) is 19.7. The monoisotopic (exact) mass is 458 g/mol. The Labute approximate surface area is 191 Å². The maximum absolute atomic E-state index is 12.3. The molecule has 0 aliphatic carbocycles. The van der Waals surface area contributed by atoms with Gasteiger partial charge in [0.15, 0.2) is 0 Å². The number of methoxy groups -OCH3 is 1. The number of thiophene rings is 1. The highest BCUT2D eigenvalue weighted by Crippen LogP contribution is 2.33. The molecule has 2 unspecified atom stereocenters. The highest BCUT2D eigenvalue weighted by atomic mass is 32.1. The lowest BCUT2D eigenvalue weighted by atomic mass is 10.1. The van der Waals surface area contributed by atoms with Crippen molar-refractivity contribution in [2.75, 3.05) is 26.7 Å². The van der Waals surface area contributed by atoms with Crippen molar-refractivity contribution in [1.82, 2.24) is 20.2 Å². The SMILES string of the molecule is COc1ccc(C(O)NCC2CCN(C(=O)OC(C)(C)C)C2)c2nc(-c3cccs3)[nH]c12. The van der Waals surface area contributed by atoms with Gasteiger partial charge in [-0.05, 0) is 56.7 Å². The molecule has 1 aliphatic heterocycles. The largest absolute Gasteiger partial charge is 0.494 e. The number of hydrogen-bond donors (Lipinski definition) is 3. The van der Waals surface area contributed by atoms with Gasteiger partial charge in [-0.25, -0.2) is 9.78 Å². The van der Waals surface area contributed by atoms with Crippen molar-refractivity contribution < 1.29 is 19.4 Å². The van der Waals surface area contributed by atoms with E-state index in [1.165, 1.54) is 0 Å². The Morgan fingerprint density at radius 2 is 2.22 bits per heavy atom. The number of carbonyl (C=O) groups is 1. The second kappa shape index (κ2) is 9.09. The number of fused-ring (bicyclic) bond motifs is 1. The van der Waals surface area contributed by atoms with Crippen molar-refractivity contribution >= 4 is 28.5 Å². The molecule has 172 valence electrons. The normalized spacial score (nSPS) is 17.7. The number of aromatic nitrogens is 2. The van der Waals surface area contributed by atoms with Crippen molar-refractivity contribution in [2.24, 2.45) is 5.92 Å². The van der Waals surface area contributed by atoms with E-state index in [4.69, 9.17) is 14.5 Å². The summed E-state index contributed by atoms with van der Waals surface area (Å²) in [5, 5.41) is 16.1. The van der Waals surface area contributed by atoms with E-state index in [9.17, 15) is 9.90 Å². The molecular weight excluding hydrogens is 428 g/mol. The molecule has 2 atom stereocenters. The van der Waals surface area contributed by atoms with Gasteiger partial charge in [0.05, 0.1) is 17.5 Å². The standard InChI is InChI=1S/C23H30N4O4S/c1-23(2,3)31-22(29)27-10-9-14(13-27)12-24-21(28)15-7-8-16(30-4)19-18(15)25-20(26-19)17-6-5-11-32-17/h5-8,11,14,21,24,28H,9-10,12-13H2,1-4H3,(H,25,26). The Morgan fingerprint density at radius 3 is 2.91 bits per heavy atom. The summed E-state index contributed by atoms with van der Waals surface area (Å²) in [5.41, 5.74) is 1.61. The summed E-state index contributed by atoms with van der Waals surface area (Å²) in [4.78, 5) is 23.1. The van der Waals surface area contributed by atoms with Gasteiger partial charge in [-0.3, -0.25) is 5.32 Å². The second-order valence-electron chi connectivity index (χ2n) is 9.04. The summed E-state index contributed by atoms with van der Waals surface area (Å²) < 4.78 is 10.9. The van der Waals surface area contributed by atoms with Gasteiger partial charge in [0.2, 0.25) is 0 Å². The fourth-order valence-electron chi connectivity index (χ4n) is 3.89. The first-order valence-electron chi connectivity index (χ1n) is 10.7. The molecule has 32 heavy (non-hydrogen) atoms. The van der Waals surface area contributed by atoms with Crippen LogP contribution in [0, 0.1) is 5.92 Å². The molecule has 3 heterocycles. The summed E-state index contributed by atoms with van der Waals surface area (Å²) in [6, 6.07) is 7.64. The molecule has 3 aromatic rings. The van der Waals surface area contributed by atoms with E-state index in [0.717, 1.165) is 22.6 Å². The van der Waals surface area contributed by atoms with Gasteiger partial charge in [-0.1, -0.05) is 6.07 Å². The number of amides is 1. The van der Waals surface area contributed by atoms with Crippen LogP contribution in [0.25, 0.3) is 21.7 Å². The predicted octanol–water partition coefficient (Wildman–Crippen LogP) is 4.14. The molecule has 1 aliphatic rings. The van der Waals surface area contributed by atoms with Crippen molar-refractivity contribution in [3.63, 3.8) is 0 Å². The number of imidazole rings is 1. The fraction of sp³-hybridized carbons (Fsp3) is 0.478. The third-order valence-electron chi connectivity index (χ3n) is 5.44. The van der Waals surface area contributed by atoms with E-state index in [-0.39, 0.29) is 12.0 Å². The maximum atomic E-state index is 12.3. The minimum absolute atomic E-state index is 0.242. The molecule has 0 radical (unpaired) electrons. The number of H-pyrrole nitrogens is 1. The van der Waals surface area contributed by atoms with Gasteiger partial charge in [-0.2, -0.15) is 0 Å². The van der Waals surface area contributed by atoms with Gasteiger partial charge in [0.1, 0.15) is 28.9 Å². The zero-order valence-electron chi connectivity index (χ0n) is 18.8. The highest BCUT2D eigenvalue weighted by Gasteiger charge is 2.30. The number of hydrogen-bond acceptors (Lipinski definition) is 7. The second-order valence-corrected chi connectivity index (χ2v) is 9.98. The van der Waals surface area contributed by atoms with Gasteiger partial charge < -0.3 is 24.5 Å². The summed E-state index contributed by atoms with van der Waals surface area (Å²) in [7, 11) is 1.62. The van der Waals surface area contributed by atoms with E-state index in [2.05, 4.69) is 10.3 Å². The molecule has 8 nitrogen and oxygen atoms in total. The number of likely N-dealkylation sites (tertiary alicyclic amines) is 1. The molecule has 0 bridgehead atoms. The summed E-state index contributed by atoms with van der Waals surface area (Å²) in [6.07, 6.45) is -0.310. The third kappa shape index (κ3) is 4.90. The van der Waals surface area contributed by atoms with Gasteiger partial charge in [0.25, 0.3) is 0 Å². The third-order valence-corrected chi connectivity index (χ3v) is 6.32. The molecule has 0 saturated carbocycles. The Hall–Kier alpha value is -2.62. The average molecular weight is 459 g/mol. The van der Waals surface area contributed by atoms with Crippen LogP contribution in [0.2, 0.25) is 0 Å². The van der Waals surface area contributed by atoms with E-state index in [1.54, 1.807) is 23.3 Å². The Morgan fingerprint density at radius 1 is 1.41 bits per heavy atom. The van der Waals surface area contributed by atoms with Crippen LogP contribution < -0.4 is 10.1 Å². The average Bonchev–Trinajstić information content (AvgIpc) is 3.49. The number of ether oxygens (including phenoxy) is 2. The van der Waals surface area contributed by atoms with E-state index in [1.807, 2.05) is 50.4 Å². The molecule has 3 N–H and O–H groups in total. The topological polar surface area (TPSA) is 99.7 Å². The first-order valence-corrected chi connectivity index (χ1v) is 11.6. The number of carbonyl (C=O) groups excluding carboxylic acids is 1. The lowest BCUT2D eigenvalue weighted by Gasteiger charge is -2.24. The van der Waals surface area contributed by atoms with Crippen LogP contribution >= 0.6 is 11.3 Å². The summed E-state index contributed by atoms with van der Waals surface area (Å²) in [6.45, 7) is 7.45. The van der Waals surface area contributed by atoms with Crippen LogP contribution in [-0.2, 0) is 4.74 Å². The lowest BCUT2D eigenvalue weighted by molar-refractivity contribution is 0.0287. The number of benzene rings is 1. The van der Waals surface area contributed by atoms with Crippen molar-refractivity contribution in [1.29, 1.82) is 0 Å². The fourth-order valence-corrected chi connectivity index (χ4v) is 4.56. The predicted molar refractivity (Wildman–Crippen MR) is 125 cm³/mol. The molecule has 9 heteroatoms. The molecule has 1 saturated heterocycles. The zero-order chi connectivity index (χ0) is 22.9. The van der Waals surface area contributed by atoms with E-state index >= 15 is 0 Å². The first kappa shape index (κ1) is 22.6. The van der Waals surface area contributed by atoms with Crippen molar-refractivity contribution in [3.8, 4) is 16.5 Å². The molecular formula is C23H30N4O4S. The molecule has 1 aromatic carbocycles. The van der Waals surface area contributed by atoms with Crippen LogP contribution in [0.3, 0.4) is 0 Å². The van der Waals surface area contributed by atoms with Gasteiger partial charge in [-0.15, -0.1) is 11.3 Å². The number of aliphatic hydroxyl groups is 1. The Bertz CT molecular complexity index is 1070. The van der Waals surface area contributed by atoms with E-state index in [0.29, 0.717) is 36.5 Å². The minimum Gasteiger partial charge on any atom is -0.494 e. The summed E-state index contributed by atoms with van der Waals surface area (Å²) in [5.74, 6) is 1.67. The molecule has 1 amide bonds. The smallest absolute Gasteiger partial charge is 0.410 e. The molecule has 0 spiro atoms. The van der Waals surface area contributed by atoms with Crippen LogP contribution in [-0.4, -0.2) is 58.4 Å². The number of nitrogens with zero attached hydrogens (tertiary/aromatic N) is 2. The Balaban J connectivity index is 1.44. The van der Waals surface area contributed by atoms with Gasteiger partial charge in [0, 0.05) is 25.2 Å². The van der Waals surface area contributed by atoms with Crippen LogP contribution in [0.15, 0.2) is 29.6 Å². The number of aliphatic hydroxyl groups excluding tert-OH is 1. The maximum Gasteiger partial charge on any atom is 0.410 e. The number of aromatic amines is 1. The molecule has 4 rings (SSSR count).